The molecule has 95 heavy (non-hydrogen) atoms. The number of aryl methyl sites for hydroxylation is 2. The first-order chi connectivity index (χ1) is 46.0. The van der Waals surface area contributed by atoms with Gasteiger partial charge in [-0.2, -0.15) is 0 Å². The molecule has 6 aromatic rings. The highest BCUT2D eigenvalue weighted by Crippen LogP contribution is 2.31. The molecular formula is C72H74N8O15. The fraction of sp³-hybridized carbons (Fsp3) is 0.347. The van der Waals surface area contributed by atoms with Gasteiger partial charge in [0.2, 0.25) is 6.10 Å². The van der Waals surface area contributed by atoms with E-state index in [1.54, 1.807) is 94.7 Å². The number of hydrogen-bond acceptors (Lipinski definition) is 15. The number of piperidine rings is 2. The number of carbonyl (C=O) groups is 9. The van der Waals surface area contributed by atoms with Crippen molar-refractivity contribution >= 4 is 87.5 Å². The minimum atomic E-state index is -1.79. The summed E-state index contributed by atoms with van der Waals surface area (Å²) in [5.74, 6) is -5.12. The van der Waals surface area contributed by atoms with Gasteiger partial charge in [0.25, 0.3) is 35.4 Å². The van der Waals surface area contributed by atoms with Crippen molar-refractivity contribution in [3.8, 4) is 0 Å². The molecule has 0 aliphatic carbocycles. The molecule has 23 heteroatoms. The van der Waals surface area contributed by atoms with Crippen molar-refractivity contribution in [3.05, 3.63) is 202 Å². The molecule has 3 N–H and O–H groups in total. The number of carbonyl (C=O) groups excluding carboxylic acids is 9. The van der Waals surface area contributed by atoms with E-state index in [1.807, 2.05) is 74.5 Å². The van der Waals surface area contributed by atoms with Crippen LogP contribution in [-0.4, -0.2) is 145 Å². The van der Waals surface area contributed by atoms with Crippen LogP contribution in [0.4, 0.5) is 34.1 Å². The molecule has 0 unspecified atom stereocenters. The summed E-state index contributed by atoms with van der Waals surface area (Å²) in [6.45, 7) is 21.9. The molecule has 0 spiro atoms. The number of morpholine rings is 2. The van der Waals surface area contributed by atoms with Gasteiger partial charge in [-0.3, -0.25) is 43.2 Å². The molecule has 0 saturated carbocycles. The zero-order valence-corrected chi connectivity index (χ0v) is 53.0. The monoisotopic (exact) mass is 1290 g/mol. The molecule has 4 heterocycles. The number of esters is 3. The highest BCUT2D eigenvalue weighted by molar-refractivity contribution is 6.06. The molecule has 4 saturated heterocycles. The van der Waals surface area contributed by atoms with E-state index in [0.29, 0.717) is 110 Å². The number of nitrogens with zero attached hydrogens (tertiary/aromatic N) is 6. The maximum atomic E-state index is 13.8. The van der Waals surface area contributed by atoms with Crippen LogP contribution < -0.4 is 20.4 Å². The number of aliphatic hydroxyl groups excluding tert-OH is 1. The predicted octanol–water partition coefficient (Wildman–Crippen LogP) is 8.82. The lowest BCUT2D eigenvalue weighted by molar-refractivity contribution is -0.167. The van der Waals surface area contributed by atoms with Crippen LogP contribution in [0.3, 0.4) is 0 Å². The van der Waals surface area contributed by atoms with Crippen LogP contribution in [0, 0.1) is 25.0 Å². The molecule has 4 aliphatic rings. The Morgan fingerprint density at radius 1 is 0.547 bits per heavy atom. The van der Waals surface area contributed by atoms with E-state index in [1.165, 1.54) is 9.80 Å². The van der Waals surface area contributed by atoms with Gasteiger partial charge in [0.05, 0.1) is 38.2 Å². The van der Waals surface area contributed by atoms with E-state index < -0.39 is 54.0 Å². The van der Waals surface area contributed by atoms with Crippen LogP contribution in [0.5, 0.6) is 0 Å². The van der Waals surface area contributed by atoms with Crippen LogP contribution in [-0.2, 0) is 83.3 Å². The molecule has 0 bridgehead atoms. The zero-order valence-electron chi connectivity index (χ0n) is 53.0. The summed E-state index contributed by atoms with van der Waals surface area (Å²) in [7, 11) is 0. The van der Waals surface area contributed by atoms with Crippen molar-refractivity contribution in [1.29, 1.82) is 0 Å². The van der Waals surface area contributed by atoms with Crippen LogP contribution in [0.1, 0.15) is 89.4 Å². The third kappa shape index (κ3) is 17.6. The first-order valence-corrected chi connectivity index (χ1v) is 31.5. The summed E-state index contributed by atoms with van der Waals surface area (Å²) in [6.07, 6.45) is -3.16. The highest BCUT2D eigenvalue weighted by Gasteiger charge is 2.44. The SMILES string of the molecule is [C-]#[N+]c1ccc(NC(=O)[C@H](O)[C@H]2OCCN(c3cccc(C(=O)N4CCC(C(=O)OCc5ccccc5)CC4)c3)C2=O)cc1CC.[C-]#[N+]c1ccc(NC(=O)[C@H](OC(C)=O)[C@H]2OCCN(c3cccc(C(=O)N4CCC(C(=O)OCc5ccccc5)CC4)c3)C2=O)cc1CC. The summed E-state index contributed by atoms with van der Waals surface area (Å²) >= 11 is 0. The quantitative estimate of drug-likeness (QED) is 0.0388. The molecule has 6 amide bonds. The first-order valence-electron chi connectivity index (χ1n) is 31.5. The fourth-order valence-corrected chi connectivity index (χ4v) is 11.6. The van der Waals surface area contributed by atoms with Crippen molar-refractivity contribution in [3.63, 3.8) is 0 Å². The second-order valence-electron chi connectivity index (χ2n) is 23.1. The fourth-order valence-electron chi connectivity index (χ4n) is 11.6. The first kappa shape index (κ1) is 68.8. The van der Waals surface area contributed by atoms with Gasteiger partial charge >= 0.3 is 17.9 Å². The number of benzene rings is 6. The highest BCUT2D eigenvalue weighted by atomic mass is 16.6. The third-order valence-electron chi connectivity index (χ3n) is 16.8. The number of aliphatic hydroxyl groups is 1. The van der Waals surface area contributed by atoms with Gasteiger partial charge in [0.1, 0.15) is 13.2 Å². The Balaban J connectivity index is 0.000000224. The largest absolute Gasteiger partial charge is 0.461 e. The van der Waals surface area contributed by atoms with Gasteiger partial charge < -0.3 is 59.0 Å². The molecule has 4 fully saturated rings. The van der Waals surface area contributed by atoms with Gasteiger partial charge in [0.15, 0.2) is 29.7 Å². The van der Waals surface area contributed by atoms with Gasteiger partial charge in [-0.05, 0) is 121 Å². The molecular weight excluding hydrogens is 1220 g/mol. The molecule has 4 atom stereocenters. The Morgan fingerprint density at radius 2 is 0.968 bits per heavy atom. The van der Waals surface area contributed by atoms with E-state index in [-0.39, 0.29) is 75.1 Å². The van der Waals surface area contributed by atoms with Gasteiger partial charge in [-0.1, -0.05) is 98.8 Å². The predicted molar refractivity (Wildman–Crippen MR) is 350 cm³/mol. The van der Waals surface area contributed by atoms with E-state index in [4.69, 9.17) is 36.8 Å². The molecule has 4 aliphatic heterocycles. The number of anilines is 4. The topological polar surface area (TPSA) is 266 Å². The van der Waals surface area contributed by atoms with Crippen LogP contribution >= 0.6 is 0 Å². The third-order valence-corrected chi connectivity index (χ3v) is 16.8. The molecule has 6 aromatic carbocycles. The minimum Gasteiger partial charge on any atom is -0.461 e. The standard InChI is InChI=1S/C37H38N4O8.C35H36N4O7/c1-4-26-21-29(13-14-31(26)38-3)39-34(43)32(49-24(2)42)33-36(45)41(19-20-47-33)30-12-8-11-28(22-30)35(44)40-17-15-27(16-18-40)37(46)48-23-25-9-6-5-7-10-25;1-3-24-20-27(12-13-29(24)36-2)37-32(41)30(40)31-34(43)39(18-19-45-31)28-11-7-10-26(21-28)33(42)38-16-14-25(15-17-38)35(44)46-22-23-8-5-4-6-9-23/h5-14,21-22,27,32-33H,4,15-20,23H2,1-2H3,(H,39,43);4-13,20-21,25,30-31,40H,3,14-19,22H2,1H3,(H,37,41)/t32-,33-;30-,31-/m11/s1. The summed E-state index contributed by atoms with van der Waals surface area (Å²) in [5, 5.41) is 16.1. The van der Waals surface area contributed by atoms with Crippen molar-refractivity contribution in [1.82, 2.24) is 9.80 Å². The number of likely N-dealkylation sites (tertiary alicyclic amines) is 2. The van der Waals surface area contributed by atoms with E-state index in [0.717, 1.165) is 29.2 Å². The number of hydrogen-bond donors (Lipinski definition) is 3. The lowest BCUT2D eigenvalue weighted by Crippen LogP contribution is -2.56. The van der Waals surface area contributed by atoms with Crippen molar-refractivity contribution < 1.29 is 71.9 Å². The van der Waals surface area contributed by atoms with E-state index in [9.17, 15) is 48.3 Å². The van der Waals surface area contributed by atoms with Crippen LogP contribution in [0.25, 0.3) is 9.69 Å². The molecule has 0 radical (unpaired) electrons. The Labute approximate surface area is 550 Å². The second-order valence-corrected chi connectivity index (χ2v) is 23.1. The molecule has 23 nitrogen and oxygen atoms in total. The Kier molecular flexibility index (Phi) is 23.7. The molecule has 10 rings (SSSR count). The lowest BCUT2D eigenvalue weighted by atomic mass is 9.96. The van der Waals surface area contributed by atoms with Crippen molar-refractivity contribution in [2.75, 3.05) is 72.9 Å². The minimum absolute atomic E-state index is 0.0488. The summed E-state index contributed by atoms with van der Waals surface area (Å²) in [5.41, 5.74) is 6.63. The smallest absolute Gasteiger partial charge is 0.309 e. The summed E-state index contributed by atoms with van der Waals surface area (Å²) in [4.78, 5) is 131. The Hall–Kier alpha value is -10.6. The average Bonchev–Trinajstić information content (AvgIpc) is 0.848. The zero-order chi connectivity index (χ0) is 67.5. The van der Waals surface area contributed by atoms with E-state index >= 15 is 0 Å². The molecule has 0 aromatic heterocycles. The number of rotatable bonds is 19. The van der Waals surface area contributed by atoms with Crippen LogP contribution in [0.15, 0.2) is 146 Å². The van der Waals surface area contributed by atoms with Crippen LogP contribution in [0.2, 0.25) is 0 Å². The summed E-state index contributed by atoms with van der Waals surface area (Å²) in [6, 6.07) is 41.8. The maximum Gasteiger partial charge on any atom is 0.309 e. The lowest BCUT2D eigenvalue weighted by Gasteiger charge is -2.35. The van der Waals surface area contributed by atoms with Gasteiger partial charge in [-0.15, -0.1) is 0 Å². The number of nitrogens with one attached hydrogen (secondary N) is 2. The normalized spacial score (nSPS) is 17.3. The van der Waals surface area contributed by atoms with Gasteiger partial charge in [-0.25, -0.2) is 9.69 Å². The Bertz CT molecular complexity index is 3870. The number of ether oxygens (including phenoxy) is 5. The average molecular weight is 1290 g/mol. The Morgan fingerprint density at radius 3 is 1.39 bits per heavy atom. The summed E-state index contributed by atoms with van der Waals surface area (Å²) < 4.78 is 27.5. The van der Waals surface area contributed by atoms with Crippen molar-refractivity contribution in [2.45, 2.75) is 96.9 Å². The molecule has 492 valence electrons. The van der Waals surface area contributed by atoms with Crippen molar-refractivity contribution in [2.24, 2.45) is 11.8 Å². The maximum absolute atomic E-state index is 13.8. The second kappa shape index (κ2) is 32.8. The van der Waals surface area contributed by atoms with Gasteiger partial charge in [0, 0.05) is 80.1 Å². The number of amides is 6. The van der Waals surface area contributed by atoms with E-state index in [2.05, 4.69) is 20.3 Å².